The van der Waals surface area contributed by atoms with E-state index in [1.54, 1.807) is 0 Å². The summed E-state index contributed by atoms with van der Waals surface area (Å²) in [7, 11) is 0. The average molecular weight is 232 g/mol. The second-order valence-corrected chi connectivity index (χ2v) is 4.76. The van der Waals surface area contributed by atoms with E-state index in [0.717, 1.165) is 24.1 Å². The number of amides is 1. The first-order chi connectivity index (χ1) is 8.27. The van der Waals surface area contributed by atoms with Crippen LogP contribution in [-0.2, 0) is 4.79 Å². The Morgan fingerprint density at radius 2 is 1.88 bits per heavy atom. The van der Waals surface area contributed by atoms with Crippen LogP contribution in [0.5, 0.6) is 0 Å². The van der Waals surface area contributed by atoms with Gasteiger partial charge in [0.1, 0.15) is 0 Å². The van der Waals surface area contributed by atoms with Crippen LogP contribution in [0.4, 0.5) is 5.69 Å². The van der Waals surface area contributed by atoms with E-state index in [1.807, 2.05) is 31.2 Å². The molecule has 2 rings (SSSR count). The van der Waals surface area contributed by atoms with Crippen molar-refractivity contribution in [3.63, 3.8) is 0 Å². The molecule has 3 heteroatoms. The molecule has 0 atom stereocenters. The molecule has 0 aliphatic heterocycles. The molecule has 1 aromatic carbocycles. The molecule has 0 radical (unpaired) electrons. The molecule has 1 aliphatic carbocycles. The van der Waals surface area contributed by atoms with Crippen molar-refractivity contribution < 1.29 is 4.79 Å². The fourth-order valence-corrected chi connectivity index (χ4v) is 2.31. The lowest BCUT2D eigenvalue weighted by atomic mass is 9.89. The third kappa shape index (κ3) is 3.22. The van der Waals surface area contributed by atoms with Crippen LogP contribution in [0.15, 0.2) is 24.3 Å². The number of benzene rings is 1. The quantitative estimate of drug-likeness (QED) is 0.786. The number of anilines is 1. The van der Waals surface area contributed by atoms with E-state index in [1.165, 1.54) is 19.3 Å². The molecule has 1 aromatic rings. The molecular formula is C14H20N2O. The van der Waals surface area contributed by atoms with Gasteiger partial charge in [0.25, 0.3) is 0 Å². The van der Waals surface area contributed by atoms with Crippen LogP contribution in [-0.4, -0.2) is 5.91 Å². The second-order valence-electron chi connectivity index (χ2n) is 4.76. The van der Waals surface area contributed by atoms with Crippen molar-refractivity contribution in [1.82, 2.24) is 5.43 Å². The molecule has 1 fully saturated rings. The summed E-state index contributed by atoms with van der Waals surface area (Å²) in [5.74, 6) is 0.327. The fourth-order valence-electron chi connectivity index (χ4n) is 2.31. The lowest BCUT2D eigenvalue weighted by Gasteiger charge is -2.21. The van der Waals surface area contributed by atoms with Crippen LogP contribution >= 0.6 is 0 Å². The smallest absolute Gasteiger partial charge is 0.241 e. The van der Waals surface area contributed by atoms with Gasteiger partial charge in [-0.15, -0.1) is 0 Å². The number of para-hydroxylation sites is 1. The summed E-state index contributed by atoms with van der Waals surface area (Å²) in [5.41, 5.74) is 7.94. The Labute approximate surface area is 103 Å². The van der Waals surface area contributed by atoms with Crippen LogP contribution in [0.25, 0.3) is 0 Å². The molecule has 92 valence electrons. The first-order valence-electron chi connectivity index (χ1n) is 6.39. The molecule has 0 spiro atoms. The van der Waals surface area contributed by atoms with Crippen LogP contribution in [0.2, 0.25) is 0 Å². The molecule has 0 heterocycles. The van der Waals surface area contributed by atoms with Crippen LogP contribution < -0.4 is 10.9 Å². The number of hydrazine groups is 1. The van der Waals surface area contributed by atoms with E-state index in [-0.39, 0.29) is 11.8 Å². The van der Waals surface area contributed by atoms with E-state index in [4.69, 9.17) is 0 Å². The number of aryl methyl sites for hydroxylation is 1. The summed E-state index contributed by atoms with van der Waals surface area (Å²) in [6.45, 7) is 2.02. The van der Waals surface area contributed by atoms with Gasteiger partial charge in [0.05, 0.1) is 5.69 Å². The normalized spacial score (nSPS) is 16.5. The van der Waals surface area contributed by atoms with Crippen LogP contribution in [0.3, 0.4) is 0 Å². The van der Waals surface area contributed by atoms with Crippen molar-refractivity contribution >= 4 is 11.6 Å². The molecule has 1 amide bonds. The van der Waals surface area contributed by atoms with Gasteiger partial charge >= 0.3 is 0 Å². The SMILES string of the molecule is Cc1ccccc1NNC(=O)C1CCCCC1. The van der Waals surface area contributed by atoms with E-state index in [0.29, 0.717) is 0 Å². The summed E-state index contributed by atoms with van der Waals surface area (Å²) < 4.78 is 0. The van der Waals surface area contributed by atoms with Gasteiger partial charge in [-0.3, -0.25) is 15.6 Å². The molecule has 0 aromatic heterocycles. The summed E-state index contributed by atoms with van der Waals surface area (Å²) in [6, 6.07) is 7.94. The monoisotopic (exact) mass is 232 g/mol. The zero-order valence-corrected chi connectivity index (χ0v) is 10.3. The Hall–Kier alpha value is -1.51. The third-order valence-corrected chi connectivity index (χ3v) is 3.44. The molecule has 0 bridgehead atoms. The molecule has 2 N–H and O–H groups in total. The average Bonchev–Trinajstić information content (AvgIpc) is 2.38. The fraction of sp³-hybridized carbons (Fsp3) is 0.500. The topological polar surface area (TPSA) is 41.1 Å². The van der Waals surface area contributed by atoms with Crippen molar-refractivity contribution in [2.75, 3.05) is 5.43 Å². The number of hydrogen-bond donors (Lipinski definition) is 2. The Balaban J connectivity index is 1.85. The highest BCUT2D eigenvalue weighted by Crippen LogP contribution is 2.23. The summed E-state index contributed by atoms with van der Waals surface area (Å²) >= 11 is 0. The highest BCUT2D eigenvalue weighted by atomic mass is 16.2. The number of nitrogens with one attached hydrogen (secondary N) is 2. The van der Waals surface area contributed by atoms with Crippen molar-refractivity contribution in [1.29, 1.82) is 0 Å². The molecule has 17 heavy (non-hydrogen) atoms. The minimum absolute atomic E-state index is 0.132. The van der Waals surface area contributed by atoms with Gasteiger partial charge in [-0.25, -0.2) is 0 Å². The zero-order chi connectivity index (χ0) is 12.1. The number of carbonyl (C=O) groups is 1. The maximum atomic E-state index is 11.9. The lowest BCUT2D eigenvalue weighted by Crippen LogP contribution is -2.36. The minimum atomic E-state index is 0.132. The minimum Gasteiger partial charge on any atom is -0.298 e. The number of hydrogen-bond acceptors (Lipinski definition) is 2. The van der Waals surface area contributed by atoms with Gasteiger partial charge in [-0.1, -0.05) is 37.5 Å². The Bertz CT molecular complexity index is 384. The number of rotatable bonds is 3. The summed E-state index contributed by atoms with van der Waals surface area (Å²) in [6.07, 6.45) is 5.70. The van der Waals surface area contributed by atoms with Crippen molar-refractivity contribution in [3.8, 4) is 0 Å². The highest BCUT2D eigenvalue weighted by molar-refractivity contribution is 5.80. The molecule has 0 unspecified atom stereocenters. The summed E-state index contributed by atoms with van der Waals surface area (Å²) in [5, 5.41) is 0. The van der Waals surface area contributed by atoms with Gasteiger partial charge in [0.15, 0.2) is 0 Å². The van der Waals surface area contributed by atoms with E-state index in [2.05, 4.69) is 10.9 Å². The molecular weight excluding hydrogens is 212 g/mol. The predicted molar refractivity (Wildman–Crippen MR) is 69.5 cm³/mol. The first-order valence-corrected chi connectivity index (χ1v) is 6.39. The molecule has 3 nitrogen and oxygen atoms in total. The predicted octanol–water partition coefficient (Wildman–Crippen LogP) is 3.02. The molecule has 0 saturated heterocycles. The Morgan fingerprint density at radius 3 is 2.59 bits per heavy atom. The number of carbonyl (C=O) groups excluding carboxylic acids is 1. The largest absolute Gasteiger partial charge is 0.298 e. The van der Waals surface area contributed by atoms with Crippen LogP contribution in [0.1, 0.15) is 37.7 Å². The van der Waals surface area contributed by atoms with Crippen molar-refractivity contribution in [3.05, 3.63) is 29.8 Å². The highest BCUT2D eigenvalue weighted by Gasteiger charge is 2.20. The van der Waals surface area contributed by atoms with E-state index in [9.17, 15) is 4.79 Å². The van der Waals surface area contributed by atoms with Crippen molar-refractivity contribution in [2.45, 2.75) is 39.0 Å². The Morgan fingerprint density at radius 1 is 1.18 bits per heavy atom. The van der Waals surface area contributed by atoms with Gasteiger partial charge in [-0.05, 0) is 31.4 Å². The van der Waals surface area contributed by atoms with Gasteiger partial charge in [0, 0.05) is 5.92 Å². The lowest BCUT2D eigenvalue weighted by molar-refractivity contribution is -0.125. The van der Waals surface area contributed by atoms with E-state index >= 15 is 0 Å². The zero-order valence-electron chi connectivity index (χ0n) is 10.3. The summed E-state index contributed by atoms with van der Waals surface area (Å²) in [4.78, 5) is 11.9. The maximum Gasteiger partial charge on any atom is 0.241 e. The first kappa shape index (κ1) is 12.0. The molecule has 1 saturated carbocycles. The standard InChI is InChI=1S/C14H20N2O/c1-11-7-5-6-10-13(11)15-16-14(17)12-8-3-2-4-9-12/h5-7,10,12,15H,2-4,8-9H2,1H3,(H,16,17). The van der Waals surface area contributed by atoms with Crippen LogP contribution in [0, 0.1) is 12.8 Å². The maximum absolute atomic E-state index is 11.9. The Kier molecular flexibility index (Phi) is 4.02. The molecule has 1 aliphatic rings. The second kappa shape index (κ2) is 5.71. The van der Waals surface area contributed by atoms with Gasteiger partial charge in [-0.2, -0.15) is 0 Å². The van der Waals surface area contributed by atoms with Gasteiger partial charge in [0.2, 0.25) is 5.91 Å². The van der Waals surface area contributed by atoms with Gasteiger partial charge < -0.3 is 0 Å². The third-order valence-electron chi connectivity index (χ3n) is 3.44. The van der Waals surface area contributed by atoms with E-state index < -0.39 is 0 Å². The van der Waals surface area contributed by atoms with Crippen molar-refractivity contribution in [2.24, 2.45) is 5.92 Å².